The molecular weight excluding hydrogens is 282 g/mol. The Kier molecular flexibility index (Phi) is 3.65. The lowest BCUT2D eigenvalue weighted by Crippen LogP contribution is -2.15. The van der Waals surface area contributed by atoms with Crippen LogP contribution in [-0.2, 0) is 0 Å². The summed E-state index contributed by atoms with van der Waals surface area (Å²) in [4.78, 5) is 33.1. The number of nitrogens with one attached hydrogen (secondary N) is 1. The van der Waals surface area contributed by atoms with Gasteiger partial charge in [0.05, 0.1) is 22.4 Å². The number of benzene rings is 1. The third-order valence-electron chi connectivity index (χ3n) is 2.69. The predicted octanol–water partition coefficient (Wildman–Crippen LogP) is 1.84. The van der Waals surface area contributed by atoms with Crippen molar-refractivity contribution in [3.05, 3.63) is 51.4 Å². The van der Waals surface area contributed by atoms with E-state index in [1.807, 2.05) is 0 Å². The number of anilines is 1. The number of rotatable bonds is 4. The number of nitrogens with zero attached hydrogens (tertiary/aromatic N) is 2. The maximum absolute atomic E-state index is 12.0. The Morgan fingerprint density at radius 2 is 2.10 bits per heavy atom. The van der Waals surface area contributed by atoms with Crippen LogP contribution in [0, 0.1) is 17.0 Å². The minimum absolute atomic E-state index is 0.109. The first-order chi connectivity index (χ1) is 9.90. The molecule has 0 radical (unpaired) electrons. The Balaban J connectivity index is 2.39. The number of aromatic nitrogens is 1. The standard InChI is InChI=1S/C12H9N3O6/c1-6-9(5-13-21-6)11(16)14-10-4-7(15(19)20)2-3-8(10)12(17)18/h2-5H,1H3,(H,14,16)(H,17,18). The molecule has 9 nitrogen and oxygen atoms in total. The molecule has 1 aromatic heterocycles. The van der Waals surface area contributed by atoms with Gasteiger partial charge in [-0.15, -0.1) is 0 Å². The Morgan fingerprint density at radius 1 is 1.38 bits per heavy atom. The van der Waals surface area contributed by atoms with E-state index in [2.05, 4.69) is 10.5 Å². The molecule has 108 valence electrons. The molecule has 0 saturated heterocycles. The minimum atomic E-state index is -1.32. The zero-order valence-corrected chi connectivity index (χ0v) is 10.7. The van der Waals surface area contributed by atoms with Crippen LogP contribution in [0.15, 0.2) is 28.9 Å². The fourth-order valence-corrected chi connectivity index (χ4v) is 1.64. The van der Waals surface area contributed by atoms with Gasteiger partial charge in [-0.1, -0.05) is 5.16 Å². The molecule has 21 heavy (non-hydrogen) atoms. The summed E-state index contributed by atoms with van der Waals surface area (Å²) in [6.45, 7) is 1.51. The van der Waals surface area contributed by atoms with Gasteiger partial charge in [0, 0.05) is 12.1 Å². The van der Waals surface area contributed by atoms with E-state index < -0.39 is 16.8 Å². The van der Waals surface area contributed by atoms with Crippen molar-refractivity contribution in [3.8, 4) is 0 Å². The van der Waals surface area contributed by atoms with Gasteiger partial charge < -0.3 is 14.9 Å². The lowest BCUT2D eigenvalue weighted by molar-refractivity contribution is -0.384. The van der Waals surface area contributed by atoms with Crippen molar-refractivity contribution in [2.45, 2.75) is 6.92 Å². The molecule has 0 aliphatic heterocycles. The molecule has 0 aliphatic rings. The van der Waals surface area contributed by atoms with Crippen molar-refractivity contribution in [2.24, 2.45) is 0 Å². The van der Waals surface area contributed by atoms with Crippen LogP contribution in [0.3, 0.4) is 0 Å². The van der Waals surface area contributed by atoms with Crippen molar-refractivity contribution in [2.75, 3.05) is 5.32 Å². The van der Waals surface area contributed by atoms with Crippen molar-refractivity contribution in [1.82, 2.24) is 5.16 Å². The average molecular weight is 291 g/mol. The highest BCUT2D eigenvalue weighted by Crippen LogP contribution is 2.23. The molecule has 0 bridgehead atoms. The number of aromatic carboxylic acids is 1. The fourth-order valence-electron chi connectivity index (χ4n) is 1.64. The number of amides is 1. The number of carboxylic acids is 1. The van der Waals surface area contributed by atoms with Gasteiger partial charge in [0.25, 0.3) is 11.6 Å². The zero-order chi connectivity index (χ0) is 15.6. The van der Waals surface area contributed by atoms with Gasteiger partial charge in [-0.05, 0) is 13.0 Å². The molecule has 0 fully saturated rings. The van der Waals surface area contributed by atoms with E-state index in [9.17, 15) is 19.7 Å². The number of non-ortho nitro benzene ring substituents is 1. The van der Waals surface area contributed by atoms with Gasteiger partial charge in [0.2, 0.25) is 0 Å². The highest BCUT2D eigenvalue weighted by Gasteiger charge is 2.19. The molecule has 0 unspecified atom stereocenters. The van der Waals surface area contributed by atoms with E-state index in [0.717, 1.165) is 18.2 Å². The van der Waals surface area contributed by atoms with Crippen LogP contribution < -0.4 is 5.32 Å². The van der Waals surface area contributed by atoms with Gasteiger partial charge in [0.1, 0.15) is 11.3 Å². The Morgan fingerprint density at radius 3 is 2.62 bits per heavy atom. The number of hydrogen-bond donors (Lipinski definition) is 2. The van der Waals surface area contributed by atoms with Gasteiger partial charge >= 0.3 is 5.97 Å². The normalized spacial score (nSPS) is 10.1. The van der Waals surface area contributed by atoms with Crippen molar-refractivity contribution in [3.63, 3.8) is 0 Å². The lowest BCUT2D eigenvalue weighted by Gasteiger charge is -2.07. The van der Waals surface area contributed by atoms with Gasteiger partial charge in [-0.25, -0.2) is 4.79 Å². The van der Waals surface area contributed by atoms with Gasteiger partial charge in [-0.3, -0.25) is 14.9 Å². The molecular formula is C12H9N3O6. The zero-order valence-electron chi connectivity index (χ0n) is 10.7. The number of nitro benzene ring substituents is 1. The van der Waals surface area contributed by atoms with Crippen molar-refractivity contribution >= 4 is 23.3 Å². The van der Waals surface area contributed by atoms with E-state index in [1.165, 1.54) is 13.1 Å². The van der Waals surface area contributed by atoms with Crippen LogP contribution in [0.25, 0.3) is 0 Å². The molecule has 9 heteroatoms. The van der Waals surface area contributed by atoms with Crippen LogP contribution in [0.5, 0.6) is 0 Å². The summed E-state index contributed by atoms with van der Waals surface area (Å²) < 4.78 is 4.73. The Labute approximate surface area is 117 Å². The van der Waals surface area contributed by atoms with Crippen molar-refractivity contribution in [1.29, 1.82) is 0 Å². The smallest absolute Gasteiger partial charge is 0.337 e. The molecule has 1 heterocycles. The summed E-state index contributed by atoms with van der Waals surface area (Å²) >= 11 is 0. The first kappa shape index (κ1) is 14.2. The molecule has 2 rings (SSSR count). The number of carbonyl (C=O) groups is 2. The van der Waals surface area contributed by atoms with E-state index in [-0.39, 0.29) is 28.3 Å². The SMILES string of the molecule is Cc1oncc1C(=O)Nc1cc([N+](=O)[O-])ccc1C(=O)O. The highest BCUT2D eigenvalue weighted by atomic mass is 16.6. The molecule has 2 N–H and O–H groups in total. The van der Waals surface area contributed by atoms with E-state index in [1.54, 1.807) is 0 Å². The van der Waals surface area contributed by atoms with E-state index in [0.29, 0.717) is 0 Å². The summed E-state index contributed by atoms with van der Waals surface area (Å²) in [7, 11) is 0. The fraction of sp³-hybridized carbons (Fsp3) is 0.0833. The van der Waals surface area contributed by atoms with Gasteiger partial charge in [0.15, 0.2) is 0 Å². The second-order valence-corrected chi connectivity index (χ2v) is 4.04. The van der Waals surface area contributed by atoms with E-state index >= 15 is 0 Å². The number of hydrogen-bond acceptors (Lipinski definition) is 6. The summed E-state index contributed by atoms with van der Waals surface area (Å²) in [6.07, 6.45) is 1.17. The second kappa shape index (κ2) is 5.41. The predicted molar refractivity (Wildman–Crippen MR) is 69.2 cm³/mol. The summed E-state index contributed by atoms with van der Waals surface area (Å²) in [5.41, 5.74) is -0.666. The molecule has 0 spiro atoms. The number of nitro groups is 1. The van der Waals surface area contributed by atoms with Crippen LogP contribution in [0.4, 0.5) is 11.4 Å². The number of carboxylic acid groups (broad SMARTS) is 1. The van der Waals surface area contributed by atoms with Crippen LogP contribution in [0.1, 0.15) is 26.5 Å². The van der Waals surface area contributed by atoms with Crippen LogP contribution >= 0.6 is 0 Å². The quantitative estimate of drug-likeness (QED) is 0.647. The summed E-state index contributed by atoms with van der Waals surface area (Å²) in [5, 5.41) is 25.5. The first-order valence-electron chi connectivity index (χ1n) is 5.64. The van der Waals surface area contributed by atoms with Crippen LogP contribution in [0.2, 0.25) is 0 Å². The lowest BCUT2D eigenvalue weighted by atomic mass is 10.1. The average Bonchev–Trinajstić information content (AvgIpc) is 2.84. The maximum Gasteiger partial charge on any atom is 0.337 e. The third-order valence-corrected chi connectivity index (χ3v) is 2.69. The molecule has 0 atom stereocenters. The maximum atomic E-state index is 12.0. The van der Waals surface area contributed by atoms with E-state index in [4.69, 9.17) is 9.63 Å². The number of aryl methyl sites for hydroxylation is 1. The molecule has 2 aromatic rings. The Hall–Kier alpha value is -3.23. The molecule has 1 amide bonds. The summed E-state index contributed by atoms with van der Waals surface area (Å²) in [6, 6.07) is 3.07. The molecule has 0 aliphatic carbocycles. The Bertz CT molecular complexity index is 736. The van der Waals surface area contributed by atoms with Crippen LogP contribution in [-0.4, -0.2) is 27.1 Å². The first-order valence-corrected chi connectivity index (χ1v) is 5.64. The number of carbonyl (C=O) groups excluding carboxylic acids is 1. The highest BCUT2D eigenvalue weighted by molar-refractivity contribution is 6.08. The monoisotopic (exact) mass is 291 g/mol. The minimum Gasteiger partial charge on any atom is -0.478 e. The topological polar surface area (TPSA) is 136 Å². The largest absolute Gasteiger partial charge is 0.478 e. The third kappa shape index (κ3) is 2.86. The molecule has 0 saturated carbocycles. The van der Waals surface area contributed by atoms with Crippen molar-refractivity contribution < 1.29 is 24.1 Å². The molecule has 1 aromatic carbocycles. The second-order valence-electron chi connectivity index (χ2n) is 4.04. The summed E-state index contributed by atoms with van der Waals surface area (Å²) in [5.74, 6) is -1.74. The van der Waals surface area contributed by atoms with Gasteiger partial charge in [-0.2, -0.15) is 0 Å².